The van der Waals surface area contributed by atoms with Gasteiger partial charge in [0.2, 0.25) is 0 Å². The van der Waals surface area contributed by atoms with E-state index in [9.17, 15) is 19.1 Å². The number of aliphatic hydroxyl groups is 1. The highest BCUT2D eigenvalue weighted by molar-refractivity contribution is 6.44. The Bertz CT molecular complexity index is 809. The molecule has 0 atom stereocenters. The summed E-state index contributed by atoms with van der Waals surface area (Å²) in [5.41, 5.74) is 1.45. The molecule has 22 heavy (non-hydrogen) atoms. The van der Waals surface area contributed by atoms with Crippen LogP contribution in [-0.2, 0) is 9.59 Å². The van der Waals surface area contributed by atoms with Crippen LogP contribution in [0.1, 0.15) is 11.1 Å². The molecule has 5 heteroatoms. The lowest BCUT2D eigenvalue weighted by molar-refractivity contribution is -0.121. The Balaban J connectivity index is 2.05. The fraction of sp³-hybridized carbons (Fsp3) is 0.0588. The second-order valence-corrected chi connectivity index (χ2v) is 5.02. The first kappa shape index (κ1) is 14.0. The van der Waals surface area contributed by atoms with Gasteiger partial charge in [0, 0.05) is 0 Å². The predicted octanol–water partition coefficient (Wildman–Crippen LogP) is 2.98. The Morgan fingerprint density at radius 3 is 2.32 bits per heavy atom. The summed E-state index contributed by atoms with van der Waals surface area (Å²) in [6.45, 7) is 1.84. The summed E-state index contributed by atoms with van der Waals surface area (Å²) in [5, 5.41) is 10.0. The zero-order chi connectivity index (χ0) is 15.9. The van der Waals surface area contributed by atoms with E-state index in [2.05, 4.69) is 0 Å². The number of benzene rings is 2. The van der Waals surface area contributed by atoms with Crippen LogP contribution in [0.3, 0.4) is 0 Å². The number of anilines is 1. The van der Waals surface area contributed by atoms with Gasteiger partial charge in [-0.3, -0.25) is 9.59 Å². The highest BCUT2D eigenvalue weighted by Crippen LogP contribution is 2.32. The minimum atomic E-state index is -0.782. The molecule has 0 fully saturated rings. The number of amides is 2. The predicted molar refractivity (Wildman–Crippen MR) is 79.6 cm³/mol. The van der Waals surface area contributed by atoms with Gasteiger partial charge in [0.15, 0.2) is 5.76 Å². The van der Waals surface area contributed by atoms with E-state index in [1.54, 1.807) is 18.2 Å². The van der Waals surface area contributed by atoms with Gasteiger partial charge in [0.05, 0.1) is 11.3 Å². The van der Waals surface area contributed by atoms with Gasteiger partial charge in [-0.05, 0) is 42.3 Å². The molecule has 1 N–H and O–H groups in total. The maximum absolute atomic E-state index is 13.0. The number of halogens is 1. The number of aliphatic hydroxyl groups excluding tert-OH is 1. The van der Waals surface area contributed by atoms with E-state index in [-0.39, 0.29) is 5.57 Å². The summed E-state index contributed by atoms with van der Waals surface area (Å²) < 4.78 is 13.0. The van der Waals surface area contributed by atoms with Crippen molar-refractivity contribution >= 4 is 23.1 Å². The molecule has 1 aliphatic rings. The molecule has 2 amide bonds. The van der Waals surface area contributed by atoms with E-state index in [1.807, 2.05) is 13.0 Å². The van der Waals surface area contributed by atoms with Crippen LogP contribution < -0.4 is 4.90 Å². The molecule has 3 rings (SSSR count). The van der Waals surface area contributed by atoms with Crippen LogP contribution in [0.25, 0.3) is 5.57 Å². The minimum Gasteiger partial charge on any atom is -0.502 e. The Labute approximate surface area is 126 Å². The van der Waals surface area contributed by atoms with E-state index in [0.29, 0.717) is 11.3 Å². The van der Waals surface area contributed by atoms with E-state index in [0.717, 1.165) is 10.5 Å². The van der Waals surface area contributed by atoms with Gasteiger partial charge >= 0.3 is 5.91 Å². The summed E-state index contributed by atoms with van der Waals surface area (Å²) >= 11 is 0. The van der Waals surface area contributed by atoms with E-state index in [4.69, 9.17) is 0 Å². The van der Waals surface area contributed by atoms with E-state index in [1.165, 1.54) is 24.3 Å². The average Bonchev–Trinajstić information content (AvgIpc) is 2.71. The molecule has 0 saturated carbocycles. The molecule has 0 radical (unpaired) electrons. The second-order valence-electron chi connectivity index (χ2n) is 5.02. The van der Waals surface area contributed by atoms with Gasteiger partial charge in [-0.2, -0.15) is 0 Å². The first-order valence-electron chi connectivity index (χ1n) is 6.63. The first-order valence-corrected chi connectivity index (χ1v) is 6.63. The third-order valence-corrected chi connectivity index (χ3v) is 3.45. The lowest BCUT2D eigenvalue weighted by Gasteiger charge is -2.15. The topological polar surface area (TPSA) is 57.6 Å². The lowest BCUT2D eigenvalue weighted by Crippen LogP contribution is -2.31. The highest BCUT2D eigenvalue weighted by Gasteiger charge is 2.40. The molecule has 0 aromatic heterocycles. The molecular formula is C17H12FNO3. The van der Waals surface area contributed by atoms with Gasteiger partial charge < -0.3 is 5.11 Å². The van der Waals surface area contributed by atoms with Crippen molar-refractivity contribution in [1.29, 1.82) is 0 Å². The normalized spacial score (nSPS) is 14.9. The van der Waals surface area contributed by atoms with Crippen LogP contribution in [0, 0.1) is 12.7 Å². The monoisotopic (exact) mass is 297 g/mol. The van der Waals surface area contributed by atoms with Crippen LogP contribution in [0.4, 0.5) is 10.1 Å². The summed E-state index contributed by atoms with van der Waals surface area (Å²) in [4.78, 5) is 25.6. The summed E-state index contributed by atoms with van der Waals surface area (Å²) in [6.07, 6.45) is 0. The molecule has 1 aliphatic heterocycles. The third kappa shape index (κ3) is 2.16. The maximum atomic E-state index is 13.0. The zero-order valence-electron chi connectivity index (χ0n) is 11.7. The van der Waals surface area contributed by atoms with Crippen LogP contribution in [-0.4, -0.2) is 16.9 Å². The van der Waals surface area contributed by atoms with E-state index >= 15 is 0 Å². The number of aryl methyl sites for hydroxylation is 1. The molecule has 1 heterocycles. The fourth-order valence-electron chi connectivity index (χ4n) is 2.40. The number of imide groups is 1. The Kier molecular flexibility index (Phi) is 3.25. The van der Waals surface area contributed by atoms with E-state index < -0.39 is 23.4 Å². The largest absolute Gasteiger partial charge is 0.502 e. The molecule has 2 aromatic carbocycles. The molecule has 110 valence electrons. The second kappa shape index (κ2) is 5.11. The SMILES string of the molecule is Cc1cccc(N2C(=O)C(O)=C(c3ccc(F)cc3)C2=O)c1. The average molecular weight is 297 g/mol. The van der Waals surface area contributed by atoms with Crippen molar-refractivity contribution in [2.45, 2.75) is 6.92 Å². The van der Waals surface area contributed by atoms with Crippen LogP contribution >= 0.6 is 0 Å². The maximum Gasteiger partial charge on any atom is 0.301 e. The zero-order valence-corrected chi connectivity index (χ0v) is 11.7. The molecule has 0 unspecified atom stereocenters. The van der Waals surface area contributed by atoms with Gasteiger partial charge in [-0.1, -0.05) is 24.3 Å². The molecule has 0 saturated heterocycles. The number of hydrogen-bond acceptors (Lipinski definition) is 3. The molecule has 2 aromatic rings. The van der Waals surface area contributed by atoms with Crippen molar-refractivity contribution in [2.24, 2.45) is 0 Å². The van der Waals surface area contributed by atoms with Crippen LogP contribution in [0.5, 0.6) is 0 Å². The summed E-state index contributed by atoms with van der Waals surface area (Å²) in [5.74, 6) is -2.50. The van der Waals surface area contributed by atoms with Gasteiger partial charge in [0.25, 0.3) is 5.91 Å². The number of carbonyl (C=O) groups is 2. The molecule has 0 bridgehead atoms. The third-order valence-electron chi connectivity index (χ3n) is 3.45. The van der Waals surface area contributed by atoms with Gasteiger partial charge in [-0.25, -0.2) is 9.29 Å². The Morgan fingerprint density at radius 2 is 1.68 bits per heavy atom. The minimum absolute atomic E-state index is 0.119. The van der Waals surface area contributed by atoms with Crippen molar-refractivity contribution in [1.82, 2.24) is 0 Å². The number of carbonyl (C=O) groups excluding carboxylic acids is 2. The number of nitrogens with zero attached hydrogens (tertiary/aromatic N) is 1. The summed E-state index contributed by atoms with van der Waals surface area (Å²) in [6, 6.07) is 11.9. The standard InChI is InChI=1S/C17H12FNO3/c1-10-3-2-4-13(9-10)19-16(21)14(15(20)17(19)22)11-5-7-12(18)8-6-11/h2-9,20H,1H3. The van der Waals surface area contributed by atoms with Crippen molar-refractivity contribution in [2.75, 3.05) is 4.90 Å². The molecule has 4 nitrogen and oxygen atoms in total. The number of hydrogen-bond donors (Lipinski definition) is 1. The fourth-order valence-corrected chi connectivity index (χ4v) is 2.40. The van der Waals surface area contributed by atoms with Crippen molar-refractivity contribution in [3.63, 3.8) is 0 Å². The van der Waals surface area contributed by atoms with Crippen LogP contribution in [0.2, 0.25) is 0 Å². The van der Waals surface area contributed by atoms with Gasteiger partial charge in [-0.15, -0.1) is 0 Å². The van der Waals surface area contributed by atoms with Crippen molar-refractivity contribution < 1.29 is 19.1 Å². The van der Waals surface area contributed by atoms with Crippen LogP contribution in [0.15, 0.2) is 54.3 Å². The number of rotatable bonds is 2. The highest BCUT2D eigenvalue weighted by atomic mass is 19.1. The lowest BCUT2D eigenvalue weighted by atomic mass is 10.1. The Hall–Kier alpha value is -2.95. The Morgan fingerprint density at radius 1 is 1.00 bits per heavy atom. The summed E-state index contributed by atoms with van der Waals surface area (Å²) in [7, 11) is 0. The molecule has 0 aliphatic carbocycles. The van der Waals surface area contributed by atoms with Crippen molar-refractivity contribution in [3.8, 4) is 0 Å². The van der Waals surface area contributed by atoms with Gasteiger partial charge in [0.1, 0.15) is 5.82 Å². The molecular weight excluding hydrogens is 285 g/mol. The first-order chi connectivity index (χ1) is 10.5. The molecule has 0 spiro atoms. The quantitative estimate of drug-likeness (QED) is 0.867. The van der Waals surface area contributed by atoms with Crippen molar-refractivity contribution in [3.05, 3.63) is 71.2 Å². The smallest absolute Gasteiger partial charge is 0.301 e.